The van der Waals surface area contributed by atoms with Gasteiger partial charge in [0.05, 0.1) is 6.10 Å². The Labute approximate surface area is 119 Å². The first-order valence-electron chi connectivity index (χ1n) is 7.60. The number of aryl methyl sites for hydroxylation is 1. The van der Waals surface area contributed by atoms with Gasteiger partial charge in [-0.15, -0.1) is 0 Å². The molecule has 2 fully saturated rings. The van der Waals surface area contributed by atoms with Crippen LogP contribution in [0, 0.1) is 18.2 Å². The molecule has 0 amide bonds. The summed E-state index contributed by atoms with van der Waals surface area (Å²) in [6.07, 6.45) is 3.22. The molecule has 0 aliphatic heterocycles. The standard InChI is InChI=1S/C17H22F2O/c1-11-8-12(4-5-14(11)18)13-9-15(19)16(20)17(10-13)6-2-3-7-17/h4-5,8,13,15-16,20H,2-3,6-7,9-10H2,1H3/t13-,15+,16+/m1/s1. The van der Waals surface area contributed by atoms with E-state index in [0.29, 0.717) is 12.0 Å². The lowest BCUT2D eigenvalue weighted by atomic mass is 9.64. The average molecular weight is 280 g/mol. The number of halogens is 2. The molecule has 1 N–H and O–H groups in total. The lowest BCUT2D eigenvalue weighted by molar-refractivity contribution is -0.0684. The molecular formula is C17H22F2O. The average Bonchev–Trinajstić information content (AvgIpc) is 2.88. The number of rotatable bonds is 1. The second kappa shape index (κ2) is 5.10. The summed E-state index contributed by atoms with van der Waals surface area (Å²) in [5, 5.41) is 10.3. The summed E-state index contributed by atoms with van der Waals surface area (Å²) < 4.78 is 27.7. The van der Waals surface area contributed by atoms with E-state index in [1.54, 1.807) is 13.0 Å². The molecule has 0 heterocycles. The second-order valence-corrected chi connectivity index (χ2v) is 6.68. The Balaban J connectivity index is 1.88. The van der Waals surface area contributed by atoms with Crippen LogP contribution in [0.1, 0.15) is 55.6 Å². The van der Waals surface area contributed by atoms with Crippen LogP contribution in [-0.2, 0) is 0 Å². The van der Waals surface area contributed by atoms with Gasteiger partial charge in [-0.05, 0) is 61.1 Å². The highest BCUT2D eigenvalue weighted by Gasteiger charge is 2.49. The summed E-state index contributed by atoms with van der Waals surface area (Å²) in [4.78, 5) is 0. The molecule has 2 aliphatic carbocycles. The molecule has 2 saturated carbocycles. The molecule has 110 valence electrons. The van der Waals surface area contributed by atoms with Gasteiger partial charge in [-0.2, -0.15) is 0 Å². The largest absolute Gasteiger partial charge is 0.390 e. The van der Waals surface area contributed by atoms with Crippen molar-refractivity contribution in [3.8, 4) is 0 Å². The van der Waals surface area contributed by atoms with Gasteiger partial charge >= 0.3 is 0 Å². The highest BCUT2D eigenvalue weighted by Crippen LogP contribution is 2.53. The Morgan fingerprint density at radius 1 is 1.25 bits per heavy atom. The fourth-order valence-corrected chi connectivity index (χ4v) is 4.23. The summed E-state index contributed by atoms with van der Waals surface area (Å²) in [7, 11) is 0. The molecule has 20 heavy (non-hydrogen) atoms. The van der Waals surface area contributed by atoms with E-state index in [-0.39, 0.29) is 17.2 Å². The molecule has 0 radical (unpaired) electrons. The highest BCUT2D eigenvalue weighted by molar-refractivity contribution is 5.28. The zero-order valence-electron chi connectivity index (χ0n) is 11.9. The SMILES string of the molecule is Cc1cc([C@@H]2C[C@H](F)[C@H](O)C3(CCCC3)C2)ccc1F. The molecule has 3 atom stereocenters. The van der Waals surface area contributed by atoms with E-state index in [1.165, 1.54) is 6.07 Å². The van der Waals surface area contributed by atoms with Gasteiger partial charge in [0.15, 0.2) is 0 Å². The fraction of sp³-hybridized carbons (Fsp3) is 0.647. The van der Waals surface area contributed by atoms with Gasteiger partial charge in [0.2, 0.25) is 0 Å². The van der Waals surface area contributed by atoms with Crippen LogP contribution in [0.3, 0.4) is 0 Å². The first kappa shape index (κ1) is 14.0. The minimum absolute atomic E-state index is 0.103. The first-order valence-corrected chi connectivity index (χ1v) is 7.60. The lowest BCUT2D eigenvalue weighted by Gasteiger charge is -2.44. The van der Waals surface area contributed by atoms with E-state index < -0.39 is 12.3 Å². The molecule has 0 aromatic heterocycles. The van der Waals surface area contributed by atoms with Crippen molar-refractivity contribution in [3.63, 3.8) is 0 Å². The third kappa shape index (κ3) is 2.26. The predicted molar refractivity (Wildman–Crippen MR) is 74.9 cm³/mol. The molecule has 0 unspecified atom stereocenters. The minimum Gasteiger partial charge on any atom is -0.390 e. The monoisotopic (exact) mass is 280 g/mol. The van der Waals surface area contributed by atoms with Crippen molar-refractivity contribution in [1.29, 1.82) is 0 Å². The molecule has 1 nitrogen and oxygen atoms in total. The molecule has 1 spiro atoms. The number of hydrogen-bond acceptors (Lipinski definition) is 1. The van der Waals surface area contributed by atoms with Gasteiger partial charge in [-0.1, -0.05) is 25.0 Å². The van der Waals surface area contributed by atoms with Crippen molar-refractivity contribution in [1.82, 2.24) is 0 Å². The van der Waals surface area contributed by atoms with Crippen molar-refractivity contribution in [2.75, 3.05) is 0 Å². The normalized spacial score (nSPS) is 32.7. The maximum absolute atomic E-state index is 14.3. The maximum Gasteiger partial charge on any atom is 0.127 e. The number of hydrogen-bond donors (Lipinski definition) is 1. The Bertz CT molecular complexity index is 494. The van der Waals surface area contributed by atoms with Crippen LogP contribution in [0.2, 0.25) is 0 Å². The molecule has 3 heteroatoms. The second-order valence-electron chi connectivity index (χ2n) is 6.68. The van der Waals surface area contributed by atoms with Crippen LogP contribution in [0.25, 0.3) is 0 Å². The molecule has 0 saturated heterocycles. The van der Waals surface area contributed by atoms with E-state index in [9.17, 15) is 13.9 Å². The van der Waals surface area contributed by atoms with Crippen molar-refractivity contribution < 1.29 is 13.9 Å². The zero-order valence-corrected chi connectivity index (χ0v) is 11.9. The van der Waals surface area contributed by atoms with Crippen LogP contribution >= 0.6 is 0 Å². The van der Waals surface area contributed by atoms with Crippen molar-refractivity contribution in [2.24, 2.45) is 5.41 Å². The minimum atomic E-state index is -1.16. The molecule has 3 rings (SSSR count). The third-order valence-corrected chi connectivity index (χ3v) is 5.39. The number of alkyl halides is 1. The van der Waals surface area contributed by atoms with Crippen molar-refractivity contribution in [3.05, 3.63) is 35.1 Å². The number of aliphatic hydroxyl groups is 1. The lowest BCUT2D eigenvalue weighted by Crippen LogP contribution is -2.45. The van der Waals surface area contributed by atoms with Crippen molar-refractivity contribution in [2.45, 2.75) is 63.6 Å². The predicted octanol–water partition coefficient (Wildman–Crippen LogP) is 4.27. The summed E-state index contributed by atoms with van der Waals surface area (Å²) in [5.41, 5.74) is 1.39. The third-order valence-electron chi connectivity index (χ3n) is 5.39. The zero-order chi connectivity index (χ0) is 14.3. The summed E-state index contributed by atoms with van der Waals surface area (Å²) in [6.45, 7) is 1.74. The smallest absolute Gasteiger partial charge is 0.127 e. The quantitative estimate of drug-likeness (QED) is 0.814. The topological polar surface area (TPSA) is 20.2 Å². The molecule has 2 aliphatic rings. The van der Waals surface area contributed by atoms with E-state index in [1.807, 2.05) is 6.07 Å². The fourth-order valence-electron chi connectivity index (χ4n) is 4.23. The summed E-state index contributed by atoms with van der Waals surface area (Å²) >= 11 is 0. The van der Waals surface area contributed by atoms with E-state index >= 15 is 0 Å². The van der Waals surface area contributed by atoms with E-state index in [0.717, 1.165) is 37.7 Å². The first-order chi connectivity index (χ1) is 9.52. The van der Waals surface area contributed by atoms with Gasteiger partial charge in [-0.3, -0.25) is 0 Å². The van der Waals surface area contributed by atoms with Crippen molar-refractivity contribution >= 4 is 0 Å². The van der Waals surface area contributed by atoms with Crippen LogP contribution in [-0.4, -0.2) is 17.4 Å². The van der Waals surface area contributed by atoms with Gasteiger partial charge in [0.25, 0.3) is 0 Å². The van der Waals surface area contributed by atoms with E-state index in [2.05, 4.69) is 0 Å². The van der Waals surface area contributed by atoms with Crippen LogP contribution < -0.4 is 0 Å². The van der Waals surface area contributed by atoms with Gasteiger partial charge in [0, 0.05) is 0 Å². The maximum atomic E-state index is 14.3. The van der Waals surface area contributed by atoms with Crippen LogP contribution in [0.4, 0.5) is 8.78 Å². The molecule has 1 aromatic carbocycles. The highest BCUT2D eigenvalue weighted by atomic mass is 19.1. The summed E-state index contributed by atoms with van der Waals surface area (Å²) in [5.74, 6) is -0.109. The summed E-state index contributed by atoms with van der Waals surface area (Å²) in [6, 6.07) is 5.09. The molecule has 0 bridgehead atoms. The van der Waals surface area contributed by atoms with Gasteiger partial charge < -0.3 is 5.11 Å². The molecule has 1 aromatic rings. The van der Waals surface area contributed by atoms with E-state index in [4.69, 9.17) is 0 Å². The number of benzene rings is 1. The Hall–Kier alpha value is -0.960. The Morgan fingerprint density at radius 3 is 2.60 bits per heavy atom. The van der Waals surface area contributed by atoms with Gasteiger partial charge in [0.1, 0.15) is 12.0 Å². The Kier molecular flexibility index (Phi) is 3.57. The number of aliphatic hydroxyl groups excluding tert-OH is 1. The molecular weight excluding hydrogens is 258 g/mol. The van der Waals surface area contributed by atoms with Crippen LogP contribution in [0.15, 0.2) is 18.2 Å². The van der Waals surface area contributed by atoms with Gasteiger partial charge in [-0.25, -0.2) is 8.78 Å². The Morgan fingerprint density at radius 2 is 1.95 bits per heavy atom. The van der Waals surface area contributed by atoms with Crippen LogP contribution in [0.5, 0.6) is 0 Å².